The Morgan fingerprint density at radius 1 is 1.00 bits per heavy atom. The van der Waals surface area contributed by atoms with Crippen LogP contribution in [0.1, 0.15) is 12.5 Å². The third-order valence-corrected chi connectivity index (χ3v) is 4.59. The van der Waals surface area contributed by atoms with Gasteiger partial charge in [0, 0.05) is 16.2 Å². The highest BCUT2D eigenvalue weighted by Crippen LogP contribution is 2.45. The maximum absolute atomic E-state index is 10.8. The maximum atomic E-state index is 10.8. The third kappa shape index (κ3) is 3.70. The largest absolute Gasteiger partial charge is 0.504 e. The van der Waals surface area contributed by atoms with E-state index in [0.717, 1.165) is 45.8 Å². The highest BCUT2D eigenvalue weighted by molar-refractivity contribution is 6.15. The Hall–Kier alpha value is -2.37. The number of benzene rings is 3. The molecule has 0 aliphatic carbocycles. The number of hydrogen-bond acceptors (Lipinski definition) is 5. The molecule has 0 aliphatic rings. The van der Waals surface area contributed by atoms with Gasteiger partial charge in [0.1, 0.15) is 0 Å². The van der Waals surface area contributed by atoms with Crippen molar-refractivity contribution in [2.45, 2.75) is 13.3 Å². The van der Waals surface area contributed by atoms with Crippen molar-refractivity contribution in [2.75, 3.05) is 34.4 Å². The molecule has 3 aromatic rings. The standard InChI is InChI=1S/C21H25NO4.ClH/c1-5-26-17-12-14(10-11-22-2)18-15(21(17)25-4)8-6-13-7-9-16(24-3)20(23)19(13)18;/h6-9,12,22-23H,5,10-11H2,1-4H3;1H. The molecule has 0 aliphatic heterocycles. The molecule has 0 spiro atoms. The van der Waals surface area contributed by atoms with Crippen LogP contribution < -0.4 is 19.5 Å². The number of likely N-dealkylation sites (N-methyl/N-ethyl adjacent to an activating group) is 1. The zero-order valence-electron chi connectivity index (χ0n) is 16.1. The van der Waals surface area contributed by atoms with Gasteiger partial charge < -0.3 is 24.6 Å². The SMILES string of the molecule is CCOc1cc(CCNC)c2c(ccc3ccc(OC)c(O)c32)c1OC.Cl. The van der Waals surface area contributed by atoms with E-state index in [1.165, 1.54) is 0 Å². The summed E-state index contributed by atoms with van der Waals surface area (Å²) in [5.74, 6) is 2.00. The Labute approximate surface area is 165 Å². The van der Waals surface area contributed by atoms with Gasteiger partial charge in [-0.05, 0) is 56.1 Å². The van der Waals surface area contributed by atoms with Crippen molar-refractivity contribution in [1.82, 2.24) is 5.32 Å². The number of hydrogen-bond donors (Lipinski definition) is 2. The average molecular weight is 392 g/mol. The number of methoxy groups -OCH3 is 2. The lowest BCUT2D eigenvalue weighted by Gasteiger charge is -2.18. The van der Waals surface area contributed by atoms with Gasteiger partial charge in [-0.25, -0.2) is 0 Å². The molecule has 0 radical (unpaired) electrons. The van der Waals surface area contributed by atoms with Crippen LogP contribution in [0.25, 0.3) is 21.5 Å². The Morgan fingerprint density at radius 3 is 2.37 bits per heavy atom. The Balaban J connectivity index is 0.00000261. The van der Waals surface area contributed by atoms with Crippen LogP contribution in [0, 0.1) is 0 Å². The summed E-state index contributed by atoms with van der Waals surface area (Å²) in [4.78, 5) is 0. The Morgan fingerprint density at radius 2 is 1.74 bits per heavy atom. The van der Waals surface area contributed by atoms with Crippen LogP contribution in [0.4, 0.5) is 0 Å². The fourth-order valence-electron chi connectivity index (χ4n) is 3.43. The van der Waals surface area contributed by atoms with Crippen LogP contribution in [0.2, 0.25) is 0 Å². The second-order valence-electron chi connectivity index (χ2n) is 6.06. The van der Waals surface area contributed by atoms with Gasteiger partial charge in [0.05, 0.1) is 20.8 Å². The zero-order valence-corrected chi connectivity index (χ0v) is 16.9. The van der Waals surface area contributed by atoms with Crippen molar-refractivity contribution in [1.29, 1.82) is 0 Å². The molecule has 0 aromatic heterocycles. The topological polar surface area (TPSA) is 60.0 Å². The van der Waals surface area contributed by atoms with Crippen LogP contribution in [0.5, 0.6) is 23.0 Å². The molecular weight excluding hydrogens is 366 g/mol. The molecule has 0 heterocycles. The first-order chi connectivity index (χ1) is 12.7. The monoisotopic (exact) mass is 391 g/mol. The van der Waals surface area contributed by atoms with Crippen molar-refractivity contribution in [2.24, 2.45) is 0 Å². The number of aromatic hydroxyl groups is 1. The van der Waals surface area contributed by atoms with Crippen molar-refractivity contribution < 1.29 is 19.3 Å². The quantitative estimate of drug-likeness (QED) is 0.588. The highest BCUT2D eigenvalue weighted by atomic mass is 35.5. The number of fused-ring (bicyclic) bond motifs is 3. The molecule has 0 bridgehead atoms. The van der Waals surface area contributed by atoms with E-state index >= 15 is 0 Å². The van der Waals surface area contributed by atoms with Crippen LogP contribution in [-0.4, -0.2) is 39.5 Å². The first kappa shape index (κ1) is 20.9. The summed E-state index contributed by atoms with van der Waals surface area (Å²) in [6.07, 6.45) is 0.798. The fourth-order valence-corrected chi connectivity index (χ4v) is 3.43. The van der Waals surface area contributed by atoms with E-state index in [9.17, 15) is 5.11 Å². The molecule has 0 saturated heterocycles. The number of nitrogens with one attached hydrogen (secondary N) is 1. The van der Waals surface area contributed by atoms with Crippen LogP contribution in [-0.2, 0) is 6.42 Å². The number of ether oxygens (including phenoxy) is 3. The molecule has 0 fully saturated rings. The van der Waals surface area contributed by atoms with E-state index < -0.39 is 0 Å². The first-order valence-corrected chi connectivity index (χ1v) is 8.75. The molecule has 146 valence electrons. The molecule has 3 aromatic carbocycles. The molecule has 6 heteroatoms. The van der Waals surface area contributed by atoms with Gasteiger partial charge in [-0.2, -0.15) is 0 Å². The van der Waals surface area contributed by atoms with Crippen LogP contribution in [0.15, 0.2) is 30.3 Å². The van der Waals surface area contributed by atoms with Crippen molar-refractivity contribution in [3.05, 3.63) is 35.9 Å². The van der Waals surface area contributed by atoms with Gasteiger partial charge in [-0.15, -0.1) is 12.4 Å². The van der Waals surface area contributed by atoms with Gasteiger partial charge >= 0.3 is 0 Å². The molecule has 0 saturated carbocycles. The minimum Gasteiger partial charge on any atom is -0.504 e. The fraction of sp³-hybridized carbons (Fsp3) is 0.333. The van der Waals surface area contributed by atoms with Gasteiger partial charge in [0.15, 0.2) is 23.0 Å². The molecule has 0 amide bonds. The van der Waals surface area contributed by atoms with Gasteiger partial charge in [0.25, 0.3) is 0 Å². The predicted molar refractivity (Wildman–Crippen MR) is 112 cm³/mol. The lowest BCUT2D eigenvalue weighted by atomic mass is 9.94. The number of halogens is 1. The van der Waals surface area contributed by atoms with E-state index in [-0.39, 0.29) is 18.2 Å². The lowest BCUT2D eigenvalue weighted by Crippen LogP contribution is -2.11. The van der Waals surface area contributed by atoms with Gasteiger partial charge in [-0.1, -0.05) is 12.1 Å². The molecule has 0 unspecified atom stereocenters. The normalized spacial score (nSPS) is 10.7. The molecule has 5 nitrogen and oxygen atoms in total. The summed E-state index contributed by atoms with van der Waals surface area (Å²) in [6, 6.07) is 9.76. The number of phenolic OH excluding ortho intramolecular Hbond substituents is 1. The number of rotatable bonds is 7. The lowest BCUT2D eigenvalue weighted by molar-refractivity contribution is 0.313. The predicted octanol–water partition coefficient (Wildman–Crippen LogP) is 4.30. The Kier molecular flexibility index (Phi) is 6.99. The van der Waals surface area contributed by atoms with Crippen LogP contribution >= 0.6 is 12.4 Å². The molecular formula is C21H26ClNO4. The van der Waals surface area contributed by atoms with Crippen molar-refractivity contribution in [3.8, 4) is 23.0 Å². The number of phenols is 1. The minimum absolute atomic E-state index is 0. The second-order valence-corrected chi connectivity index (χ2v) is 6.06. The summed E-state index contributed by atoms with van der Waals surface area (Å²) in [6.45, 7) is 3.32. The zero-order chi connectivity index (χ0) is 18.7. The van der Waals surface area contributed by atoms with Crippen molar-refractivity contribution >= 4 is 34.0 Å². The highest BCUT2D eigenvalue weighted by Gasteiger charge is 2.19. The minimum atomic E-state index is 0. The van der Waals surface area contributed by atoms with E-state index in [2.05, 4.69) is 5.32 Å². The van der Waals surface area contributed by atoms with E-state index in [1.54, 1.807) is 20.3 Å². The van der Waals surface area contributed by atoms with E-state index in [1.807, 2.05) is 38.2 Å². The molecule has 2 N–H and O–H groups in total. The average Bonchev–Trinajstić information content (AvgIpc) is 2.66. The van der Waals surface area contributed by atoms with Gasteiger partial charge in [-0.3, -0.25) is 0 Å². The summed E-state index contributed by atoms with van der Waals surface area (Å²) >= 11 is 0. The molecule has 3 rings (SSSR count). The van der Waals surface area contributed by atoms with Crippen molar-refractivity contribution in [3.63, 3.8) is 0 Å². The Bertz CT molecular complexity index is 943. The summed E-state index contributed by atoms with van der Waals surface area (Å²) in [5, 5.41) is 17.6. The molecule has 27 heavy (non-hydrogen) atoms. The second kappa shape index (κ2) is 9.02. The molecule has 0 atom stereocenters. The first-order valence-electron chi connectivity index (χ1n) is 8.75. The van der Waals surface area contributed by atoms with E-state index in [4.69, 9.17) is 14.2 Å². The van der Waals surface area contributed by atoms with Crippen LogP contribution in [0.3, 0.4) is 0 Å². The summed E-state index contributed by atoms with van der Waals surface area (Å²) in [7, 11) is 5.12. The third-order valence-electron chi connectivity index (χ3n) is 4.59. The summed E-state index contributed by atoms with van der Waals surface area (Å²) < 4.78 is 16.8. The van der Waals surface area contributed by atoms with E-state index in [0.29, 0.717) is 18.1 Å². The van der Waals surface area contributed by atoms with Gasteiger partial charge in [0.2, 0.25) is 0 Å². The summed E-state index contributed by atoms with van der Waals surface area (Å²) in [5.41, 5.74) is 1.09. The smallest absolute Gasteiger partial charge is 0.168 e. The maximum Gasteiger partial charge on any atom is 0.168 e.